The Kier molecular flexibility index (Phi) is 5.17. The number of halogens is 1. The molecule has 1 N–H and O–H groups in total. The van der Waals surface area contributed by atoms with Gasteiger partial charge in [0.2, 0.25) is 0 Å². The lowest BCUT2D eigenvalue weighted by atomic mass is 9.91. The van der Waals surface area contributed by atoms with Gasteiger partial charge in [0, 0.05) is 23.9 Å². The average Bonchev–Trinajstić information content (AvgIpc) is 2.75. The molecule has 6 heteroatoms. The zero-order valence-electron chi connectivity index (χ0n) is 12.6. The number of hydrogen-bond acceptors (Lipinski definition) is 4. The monoisotopic (exact) mass is 331 g/mol. The fourth-order valence-electron chi connectivity index (χ4n) is 2.43. The lowest BCUT2D eigenvalue weighted by molar-refractivity contribution is -0.00809. The third-order valence-electron chi connectivity index (χ3n) is 3.44. The number of hydrogen-bond donors (Lipinski definition) is 1. The molecule has 1 aliphatic rings. The topological polar surface area (TPSA) is 49.8 Å². The van der Waals surface area contributed by atoms with Crippen LogP contribution < -0.4 is 0 Å². The lowest BCUT2D eigenvalue weighted by Gasteiger charge is -2.36. The minimum Gasteiger partial charge on any atom is -0.444 e. The predicted molar refractivity (Wildman–Crippen MR) is 85.0 cm³/mol. The second kappa shape index (κ2) is 6.55. The van der Waals surface area contributed by atoms with Crippen LogP contribution in [0.3, 0.4) is 0 Å². The zero-order valence-corrected chi connectivity index (χ0v) is 14.2. The number of ether oxygens (including phenoxy) is 1. The van der Waals surface area contributed by atoms with Crippen LogP contribution in [0.25, 0.3) is 0 Å². The Bertz CT molecular complexity index is 497. The SMILES string of the molecule is CC(C)(C)OC(=O)N1CCC(O)C(Cc2ccc(Cl)s2)C1. The van der Waals surface area contributed by atoms with Crippen molar-refractivity contribution >= 4 is 29.0 Å². The fraction of sp³-hybridized carbons (Fsp3) is 0.667. The largest absolute Gasteiger partial charge is 0.444 e. The summed E-state index contributed by atoms with van der Waals surface area (Å²) in [4.78, 5) is 15.0. The molecule has 0 spiro atoms. The molecule has 0 saturated carbocycles. The zero-order chi connectivity index (χ0) is 15.6. The number of thiophene rings is 1. The first-order valence-corrected chi connectivity index (χ1v) is 8.34. The minimum atomic E-state index is -0.496. The number of rotatable bonds is 2. The van der Waals surface area contributed by atoms with Gasteiger partial charge in [-0.2, -0.15) is 0 Å². The molecular weight excluding hydrogens is 310 g/mol. The van der Waals surface area contributed by atoms with Crippen LogP contribution in [-0.4, -0.2) is 40.9 Å². The van der Waals surface area contributed by atoms with Gasteiger partial charge in [0.05, 0.1) is 10.4 Å². The number of amides is 1. The molecule has 0 bridgehead atoms. The standard InChI is InChI=1S/C15H22ClNO3S/c1-15(2,3)20-14(19)17-7-6-12(18)10(9-17)8-11-4-5-13(16)21-11/h4-5,10,12,18H,6-9H2,1-3H3. The molecule has 1 aromatic rings. The maximum atomic E-state index is 12.1. The molecule has 1 aromatic heterocycles. The highest BCUT2D eigenvalue weighted by molar-refractivity contribution is 7.16. The van der Waals surface area contributed by atoms with E-state index < -0.39 is 5.60 Å². The van der Waals surface area contributed by atoms with Crippen molar-refractivity contribution in [3.05, 3.63) is 21.3 Å². The molecule has 2 rings (SSSR count). The first kappa shape index (κ1) is 16.6. The molecule has 1 saturated heterocycles. The van der Waals surface area contributed by atoms with Gasteiger partial charge in [0.15, 0.2) is 0 Å². The molecule has 0 aliphatic carbocycles. The molecule has 0 aromatic carbocycles. The summed E-state index contributed by atoms with van der Waals surface area (Å²) < 4.78 is 6.15. The number of piperidine rings is 1. The molecule has 2 heterocycles. The van der Waals surface area contributed by atoms with Crippen molar-refractivity contribution in [3.8, 4) is 0 Å². The van der Waals surface area contributed by atoms with E-state index in [0.717, 1.165) is 15.6 Å². The van der Waals surface area contributed by atoms with Crippen LogP contribution in [0.5, 0.6) is 0 Å². The summed E-state index contributed by atoms with van der Waals surface area (Å²) in [5.74, 6) is 0.0287. The van der Waals surface area contributed by atoms with Gasteiger partial charge in [-0.05, 0) is 45.7 Å². The summed E-state index contributed by atoms with van der Waals surface area (Å²) in [6.07, 6.45) is 0.633. The van der Waals surface area contributed by atoms with Gasteiger partial charge in [-0.3, -0.25) is 0 Å². The number of carbonyl (C=O) groups is 1. The highest BCUT2D eigenvalue weighted by Gasteiger charge is 2.32. The lowest BCUT2D eigenvalue weighted by Crippen LogP contribution is -2.48. The van der Waals surface area contributed by atoms with Crippen LogP contribution in [0.4, 0.5) is 4.79 Å². The summed E-state index contributed by atoms with van der Waals surface area (Å²) in [7, 11) is 0. The van der Waals surface area contributed by atoms with Gasteiger partial charge < -0.3 is 14.7 Å². The van der Waals surface area contributed by atoms with E-state index in [0.29, 0.717) is 19.5 Å². The highest BCUT2D eigenvalue weighted by atomic mass is 35.5. The fourth-order valence-corrected chi connectivity index (χ4v) is 3.61. The molecule has 2 unspecified atom stereocenters. The Morgan fingerprint density at radius 2 is 2.24 bits per heavy atom. The van der Waals surface area contributed by atoms with Crippen LogP contribution in [0.15, 0.2) is 12.1 Å². The van der Waals surface area contributed by atoms with Crippen molar-refractivity contribution in [2.24, 2.45) is 5.92 Å². The van der Waals surface area contributed by atoms with Gasteiger partial charge in [-0.15, -0.1) is 11.3 Å². The maximum absolute atomic E-state index is 12.1. The summed E-state index contributed by atoms with van der Waals surface area (Å²) in [6.45, 7) is 6.63. The van der Waals surface area contributed by atoms with Crippen LogP contribution in [0, 0.1) is 5.92 Å². The molecule has 1 aliphatic heterocycles. The number of likely N-dealkylation sites (tertiary alicyclic amines) is 1. The molecule has 0 radical (unpaired) electrons. The highest BCUT2D eigenvalue weighted by Crippen LogP contribution is 2.28. The predicted octanol–water partition coefficient (Wildman–Crippen LogP) is 3.56. The number of aliphatic hydroxyl groups excluding tert-OH is 1. The van der Waals surface area contributed by atoms with Crippen molar-refractivity contribution in [1.29, 1.82) is 0 Å². The second-order valence-electron chi connectivity index (χ2n) is 6.45. The smallest absolute Gasteiger partial charge is 0.410 e. The average molecular weight is 332 g/mol. The van der Waals surface area contributed by atoms with Crippen LogP contribution >= 0.6 is 22.9 Å². The van der Waals surface area contributed by atoms with Gasteiger partial charge in [0.25, 0.3) is 0 Å². The Balaban J connectivity index is 1.97. The summed E-state index contributed by atoms with van der Waals surface area (Å²) in [5, 5.41) is 10.2. The van der Waals surface area contributed by atoms with E-state index in [9.17, 15) is 9.90 Å². The minimum absolute atomic E-state index is 0.0287. The van der Waals surface area contributed by atoms with Crippen LogP contribution in [0.2, 0.25) is 4.34 Å². The number of carbonyl (C=O) groups excluding carboxylic acids is 1. The van der Waals surface area contributed by atoms with Crippen molar-refractivity contribution in [1.82, 2.24) is 4.90 Å². The first-order valence-electron chi connectivity index (χ1n) is 7.15. The van der Waals surface area contributed by atoms with E-state index in [4.69, 9.17) is 16.3 Å². The van der Waals surface area contributed by atoms with Crippen molar-refractivity contribution in [3.63, 3.8) is 0 Å². The van der Waals surface area contributed by atoms with E-state index in [2.05, 4.69) is 0 Å². The van der Waals surface area contributed by atoms with Gasteiger partial charge >= 0.3 is 6.09 Å². The molecule has 2 atom stereocenters. The van der Waals surface area contributed by atoms with Gasteiger partial charge in [-0.25, -0.2) is 4.79 Å². The van der Waals surface area contributed by atoms with E-state index in [1.807, 2.05) is 32.9 Å². The van der Waals surface area contributed by atoms with E-state index in [1.54, 1.807) is 4.90 Å². The van der Waals surface area contributed by atoms with E-state index in [1.165, 1.54) is 11.3 Å². The third-order valence-corrected chi connectivity index (χ3v) is 4.69. The first-order chi connectivity index (χ1) is 9.74. The molecule has 4 nitrogen and oxygen atoms in total. The number of nitrogens with zero attached hydrogens (tertiary/aromatic N) is 1. The quantitative estimate of drug-likeness (QED) is 0.901. The van der Waals surface area contributed by atoms with Gasteiger partial charge in [0.1, 0.15) is 5.60 Å². The van der Waals surface area contributed by atoms with E-state index in [-0.39, 0.29) is 18.1 Å². The summed E-state index contributed by atoms with van der Waals surface area (Å²) in [5.41, 5.74) is -0.496. The number of aliphatic hydroxyl groups is 1. The molecular formula is C15H22ClNO3S. The second-order valence-corrected chi connectivity index (χ2v) is 8.25. The molecule has 118 valence electrons. The Morgan fingerprint density at radius 3 is 2.81 bits per heavy atom. The normalized spacial score (nSPS) is 23.2. The molecule has 1 fully saturated rings. The Hall–Kier alpha value is -0.780. The summed E-state index contributed by atoms with van der Waals surface area (Å²) >= 11 is 7.46. The van der Waals surface area contributed by atoms with Crippen molar-refractivity contribution < 1.29 is 14.6 Å². The third kappa shape index (κ3) is 4.87. The molecule has 21 heavy (non-hydrogen) atoms. The Labute approximate surface area is 134 Å². The van der Waals surface area contributed by atoms with Crippen molar-refractivity contribution in [2.75, 3.05) is 13.1 Å². The maximum Gasteiger partial charge on any atom is 0.410 e. The Morgan fingerprint density at radius 1 is 1.52 bits per heavy atom. The van der Waals surface area contributed by atoms with Gasteiger partial charge in [-0.1, -0.05) is 11.6 Å². The van der Waals surface area contributed by atoms with Crippen molar-refractivity contribution in [2.45, 2.75) is 45.3 Å². The summed E-state index contributed by atoms with van der Waals surface area (Å²) in [6, 6.07) is 3.84. The van der Waals surface area contributed by atoms with Crippen LogP contribution in [-0.2, 0) is 11.2 Å². The molecule has 1 amide bonds. The van der Waals surface area contributed by atoms with Crippen LogP contribution in [0.1, 0.15) is 32.1 Å². The van der Waals surface area contributed by atoms with E-state index >= 15 is 0 Å².